The number of aliphatic carboxylic acids is 1. The van der Waals surface area contributed by atoms with Gasteiger partial charge in [0.05, 0.1) is 5.92 Å². The summed E-state index contributed by atoms with van der Waals surface area (Å²) in [5, 5.41) is 12.1. The number of nitrogens with zero attached hydrogens (tertiary/aromatic N) is 1. The number of carbonyl (C=O) groups excluding carboxylic acids is 2. The van der Waals surface area contributed by atoms with E-state index in [9.17, 15) is 19.5 Å². The van der Waals surface area contributed by atoms with Gasteiger partial charge in [-0.05, 0) is 48.9 Å². The Bertz CT molecular complexity index is 1020. The average molecular weight is 451 g/mol. The molecule has 1 aliphatic carbocycles. The van der Waals surface area contributed by atoms with Gasteiger partial charge in [-0.25, -0.2) is 4.79 Å². The molecule has 4 rings (SSSR count). The Labute approximate surface area is 193 Å². The highest BCUT2D eigenvalue weighted by atomic mass is 16.5. The van der Waals surface area contributed by atoms with Crippen LogP contribution in [-0.2, 0) is 14.3 Å². The van der Waals surface area contributed by atoms with Crippen LogP contribution in [-0.4, -0.2) is 53.2 Å². The molecule has 0 bridgehead atoms. The Morgan fingerprint density at radius 1 is 1.06 bits per heavy atom. The molecule has 1 atom stereocenters. The van der Waals surface area contributed by atoms with E-state index in [4.69, 9.17) is 4.74 Å². The third-order valence-corrected chi connectivity index (χ3v) is 6.50. The molecule has 7 heteroatoms. The molecule has 7 nitrogen and oxygen atoms in total. The minimum atomic E-state index is -0.872. The van der Waals surface area contributed by atoms with E-state index in [0.29, 0.717) is 19.4 Å². The van der Waals surface area contributed by atoms with Crippen molar-refractivity contribution in [2.75, 3.05) is 19.7 Å². The number of hydrogen-bond acceptors (Lipinski definition) is 4. The molecule has 2 aromatic carbocycles. The monoisotopic (exact) mass is 450 g/mol. The molecule has 2 aromatic rings. The van der Waals surface area contributed by atoms with Crippen LogP contribution in [0.25, 0.3) is 11.1 Å². The molecule has 174 valence electrons. The van der Waals surface area contributed by atoms with Gasteiger partial charge >= 0.3 is 12.1 Å². The van der Waals surface area contributed by atoms with Crippen molar-refractivity contribution in [1.29, 1.82) is 0 Å². The first-order chi connectivity index (χ1) is 15.7. The van der Waals surface area contributed by atoms with Gasteiger partial charge in [0, 0.05) is 31.0 Å². The zero-order valence-electron chi connectivity index (χ0n) is 19.0. The molecular formula is C26H30N2O5. The maximum Gasteiger partial charge on any atom is 0.407 e. The van der Waals surface area contributed by atoms with Gasteiger partial charge in [-0.1, -0.05) is 48.5 Å². The largest absolute Gasteiger partial charge is 0.481 e. The van der Waals surface area contributed by atoms with Crippen LogP contribution in [0.5, 0.6) is 0 Å². The lowest BCUT2D eigenvalue weighted by Gasteiger charge is -2.34. The first-order valence-corrected chi connectivity index (χ1v) is 11.4. The number of fused-ring (bicyclic) bond motifs is 3. The van der Waals surface area contributed by atoms with Crippen molar-refractivity contribution in [3.63, 3.8) is 0 Å². The topological polar surface area (TPSA) is 95.9 Å². The van der Waals surface area contributed by atoms with E-state index in [1.165, 1.54) is 0 Å². The fourth-order valence-corrected chi connectivity index (χ4v) is 4.85. The number of piperidine rings is 1. The van der Waals surface area contributed by atoms with E-state index < -0.39 is 23.5 Å². The van der Waals surface area contributed by atoms with Gasteiger partial charge in [0.15, 0.2) is 0 Å². The second-order valence-electron chi connectivity index (χ2n) is 9.53. The Hall–Kier alpha value is -3.35. The number of carboxylic acids is 1. The predicted molar refractivity (Wildman–Crippen MR) is 124 cm³/mol. The number of alkyl carbamates (subject to hydrolysis) is 1. The van der Waals surface area contributed by atoms with Gasteiger partial charge < -0.3 is 20.1 Å². The molecular weight excluding hydrogens is 420 g/mol. The summed E-state index contributed by atoms with van der Waals surface area (Å²) in [7, 11) is 0. The predicted octanol–water partition coefficient (Wildman–Crippen LogP) is 4.02. The number of rotatable bonds is 6. The van der Waals surface area contributed by atoms with E-state index in [0.717, 1.165) is 22.3 Å². The summed E-state index contributed by atoms with van der Waals surface area (Å²) < 4.78 is 5.60. The number of carbonyl (C=O) groups is 3. The minimum Gasteiger partial charge on any atom is -0.481 e. The summed E-state index contributed by atoms with van der Waals surface area (Å²) in [4.78, 5) is 38.2. The van der Waals surface area contributed by atoms with Gasteiger partial charge in [0.1, 0.15) is 6.61 Å². The Morgan fingerprint density at radius 3 is 2.27 bits per heavy atom. The van der Waals surface area contributed by atoms with Gasteiger partial charge in [-0.15, -0.1) is 0 Å². The van der Waals surface area contributed by atoms with Crippen LogP contribution in [0, 0.1) is 5.92 Å². The second-order valence-corrected chi connectivity index (χ2v) is 9.53. The average Bonchev–Trinajstić information content (AvgIpc) is 3.11. The molecule has 1 aliphatic heterocycles. The number of nitrogens with one attached hydrogen (secondary N) is 1. The number of carboxylic acid groups (broad SMARTS) is 1. The van der Waals surface area contributed by atoms with Crippen molar-refractivity contribution in [2.24, 2.45) is 5.92 Å². The van der Waals surface area contributed by atoms with Crippen molar-refractivity contribution >= 4 is 18.0 Å². The SMILES string of the molecule is CC(C)(CC(=O)N1CCC[C@@H](C(=O)O)C1)NC(=O)OCC1c2ccccc2-c2ccccc21. The third kappa shape index (κ3) is 5.02. The molecule has 2 N–H and O–H groups in total. The number of benzene rings is 2. The maximum absolute atomic E-state index is 12.7. The molecule has 0 saturated carbocycles. The van der Waals surface area contributed by atoms with Crippen LogP contribution in [0.3, 0.4) is 0 Å². The van der Waals surface area contributed by atoms with Crippen molar-refractivity contribution in [2.45, 2.75) is 44.6 Å². The molecule has 0 radical (unpaired) electrons. The smallest absolute Gasteiger partial charge is 0.407 e. The van der Waals surface area contributed by atoms with E-state index in [1.54, 1.807) is 18.7 Å². The summed E-state index contributed by atoms with van der Waals surface area (Å²) in [5.74, 6) is -1.59. The zero-order valence-corrected chi connectivity index (χ0v) is 19.0. The zero-order chi connectivity index (χ0) is 23.6. The van der Waals surface area contributed by atoms with Crippen LogP contribution >= 0.6 is 0 Å². The molecule has 0 aromatic heterocycles. The summed E-state index contributed by atoms with van der Waals surface area (Å²) in [6.45, 7) is 4.51. The van der Waals surface area contributed by atoms with Crippen LogP contribution in [0.1, 0.15) is 50.2 Å². The summed E-state index contributed by atoms with van der Waals surface area (Å²) in [5.41, 5.74) is 3.78. The van der Waals surface area contributed by atoms with Crippen LogP contribution in [0.4, 0.5) is 4.79 Å². The van der Waals surface area contributed by atoms with Crippen LogP contribution in [0.2, 0.25) is 0 Å². The molecule has 1 saturated heterocycles. The second kappa shape index (κ2) is 9.25. The number of likely N-dealkylation sites (tertiary alicyclic amines) is 1. The summed E-state index contributed by atoms with van der Waals surface area (Å²) >= 11 is 0. The number of amides is 2. The fraction of sp³-hybridized carbons (Fsp3) is 0.423. The Kier molecular flexibility index (Phi) is 6.40. The quantitative estimate of drug-likeness (QED) is 0.693. The van der Waals surface area contributed by atoms with Gasteiger partial charge in [-0.2, -0.15) is 0 Å². The van der Waals surface area contributed by atoms with E-state index in [-0.39, 0.29) is 31.4 Å². The van der Waals surface area contributed by atoms with Gasteiger partial charge in [-0.3, -0.25) is 9.59 Å². The number of ether oxygens (including phenoxy) is 1. The summed E-state index contributed by atoms with van der Waals surface area (Å²) in [6.07, 6.45) is 0.754. The highest BCUT2D eigenvalue weighted by Gasteiger charge is 2.33. The van der Waals surface area contributed by atoms with Crippen LogP contribution < -0.4 is 5.32 Å². The van der Waals surface area contributed by atoms with Gasteiger partial charge in [0.25, 0.3) is 0 Å². The molecule has 1 heterocycles. The van der Waals surface area contributed by atoms with Crippen molar-refractivity contribution in [3.05, 3.63) is 59.7 Å². The third-order valence-electron chi connectivity index (χ3n) is 6.50. The molecule has 1 fully saturated rings. The van der Waals surface area contributed by atoms with E-state index in [2.05, 4.69) is 29.6 Å². The normalized spacial score (nSPS) is 17.8. The number of hydrogen-bond donors (Lipinski definition) is 2. The van der Waals surface area contributed by atoms with Crippen LogP contribution in [0.15, 0.2) is 48.5 Å². The molecule has 2 amide bonds. The van der Waals surface area contributed by atoms with E-state index >= 15 is 0 Å². The van der Waals surface area contributed by atoms with Crippen molar-refractivity contribution < 1.29 is 24.2 Å². The fourth-order valence-electron chi connectivity index (χ4n) is 4.85. The highest BCUT2D eigenvalue weighted by molar-refractivity contribution is 5.81. The minimum absolute atomic E-state index is 0.0332. The Morgan fingerprint density at radius 2 is 1.67 bits per heavy atom. The van der Waals surface area contributed by atoms with E-state index in [1.807, 2.05) is 24.3 Å². The first-order valence-electron chi connectivity index (χ1n) is 11.4. The van der Waals surface area contributed by atoms with Gasteiger partial charge in [0.2, 0.25) is 5.91 Å². The lowest BCUT2D eigenvalue weighted by Crippen LogP contribution is -2.50. The molecule has 0 spiro atoms. The van der Waals surface area contributed by atoms with Crippen molar-refractivity contribution in [1.82, 2.24) is 10.2 Å². The first kappa shape index (κ1) is 22.8. The maximum atomic E-state index is 12.7. The lowest BCUT2D eigenvalue weighted by atomic mass is 9.95. The lowest BCUT2D eigenvalue weighted by molar-refractivity contribution is -0.145. The molecule has 0 unspecified atom stereocenters. The molecule has 2 aliphatic rings. The van der Waals surface area contributed by atoms with Crippen molar-refractivity contribution in [3.8, 4) is 11.1 Å². The molecule has 33 heavy (non-hydrogen) atoms. The highest BCUT2D eigenvalue weighted by Crippen LogP contribution is 2.44. The standard InChI is InChI=1S/C26H30N2O5/c1-26(2,14-23(29)28-13-7-8-17(15-28)24(30)31)27-25(32)33-16-22-20-11-5-3-9-18(20)19-10-4-6-12-21(19)22/h3-6,9-12,17,22H,7-8,13-16H2,1-2H3,(H,27,32)(H,30,31)/t17-/m1/s1. The summed E-state index contributed by atoms with van der Waals surface area (Å²) in [6, 6.07) is 16.3. The Balaban J connectivity index is 1.34.